The van der Waals surface area contributed by atoms with Crippen LogP contribution in [0.5, 0.6) is 0 Å². The summed E-state index contributed by atoms with van der Waals surface area (Å²) >= 11 is 0. The van der Waals surface area contributed by atoms with E-state index in [0.29, 0.717) is 0 Å². The van der Waals surface area contributed by atoms with Crippen LogP contribution in [0, 0.1) is 0 Å². The number of aromatic nitrogens is 2. The van der Waals surface area contributed by atoms with Crippen molar-refractivity contribution < 1.29 is 0 Å². The number of para-hydroxylation sites is 6. The topological polar surface area (TPSA) is 16.3 Å². The Morgan fingerprint density at radius 3 is 1.31 bits per heavy atom. The summed E-state index contributed by atoms with van der Waals surface area (Å²) in [5.74, 6) is 0. The second-order valence-electron chi connectivity index (χ2n) is 12.9. The third-order valence-electron chi connectivity index (χ3n) is 10.6. The van der Waals surface area contributed by atoms with E-state index in [1.165, 1.54) is 81.6 Å². The van der Waals surface area contributed by atoms with E-state index in [-0.39, 0.29) is 11.1 Å². The summed E-state index contributed by atoms with van der Waals surface area (Å²) in [5, 5.41) is 2.69. The van der Waals surface area contributed by atoms with E-state index in [9.17, 15) is 0 Å². The van der Waals surface area contributed by atoms with Crippen LogP contribution < -0.4 is 9.80 Å². The molecule has 0 radical (unpaired) electrons. The number of rotatable bonds is 0. The Morgan fingerprint density at radius 2 is 0.857 bits per heavy atom. The molecule has 4 heteroatoms. The van der Waals surface area contributed by atoms with Gasteiger partial charge >= 0.3 is 0 Å². The van der Waals surface area contributed by atoms with E-state index in [1.807, 2.05) is 0 Å². The van der Waals surface area contributed by atoms with Gasteiger partial charge in [-0.25, -0.2) is 0 Å². The Balaban J connectivity index is 0.000000119. The first-order chi connectivity index (χ1) is 20.6. The highest BCUT2D eigenvalue weighted by Crippen LogP contribution is 2.51. The van der Waals surface area contributed by atoms with E-state index in [1.54, 1.807) is 0 Å². The zero-order valence-corrected chi connectivity index (χ0v) is 24.4. The molecule has 6 heterocycles. The molecule has 0 spiro atoms. The molecule has 6 aromatic rings. The van der Waals surface area contributed by atoms with Crippen molar-refractivity contribution >= 4 is 33.2 Å². The maximum Gasteiger partial charge on any atom is 0.0781 e. The molecule has 0 aliphatic carbocycles. The molecule has 4 aliphatic heterocycles. The molecule has 42 heavy (non-hydrogen) atoms. The Labute approximate surface area is 247 Å². The second kappa shape index (κ2) is 8.54. The lowest BCUT2D eigenvalue weighted by atomic mass is 9.91. The summed E-state index contributed by atoms with van der Waals surface area (Å²) in [6.45, 7) is 7.13. The van der Waals surface area contributed by atoms with E-state index in [2.05, 4.69) is 142 Å². The minimum atomic E-state index is 0.132. The van der Waals surface area contributed by atoms with Crippen molar-refractivity contribution in [2.24, 2.45) is 0 Å². The van der Waals surface area contributed by atoms with Gasteiger partial charge in [0.05, 0.1) is 44.9 Å². The largest absolute Gasteiger partial charge is 0.359 e. The van der Waals surface area contributed by atoms with Gasteiger partial charge in [0.15, 0.2) is 0 Å². The zero-order chi connectivity index (χ0) is 28.1. The molecule has 2 atom stereocenters. The first kappa shape index (κ1) is 24.2. The number of benzene rings is 4. The minimum Gasteiger partial charge on any atom is -0.359 e. The highest BCUT2D eigenvalue weighted by molar-refractivity contribution is 5.88. The lowest BCUT2D eigenvalue weighted by Crippen LogP contribution is -2.43. The molecule has 0 N–H and O–H groups in total. The molecule has 0 unspecified atom stereocenters. The lowest BCUT2D eigenvalue weighted by Gasteiger charge is -2.43. The van der Waals surface area contributed by atoms with E-state index < -0.39 is 0 Å². The second-order valence-corrected chi connectivity index (χ2v) is 12.9. The summed E-state index contributed by atoms with van der Waals surface area (Å²) in [5.41, 5.74) is 11.2. The predicted octanol–water partition coefficient (Wildman–Crippen LogP) is 8.92. The number of hydrogen-bond acceptors (Lipinski definition) is 2. The highest BCUT2D eigenvalue weighted by atomic mass is 15.3. The fraction of sp³-hybridized carbons (Fsp3) is 0.263. The van der Waals surface area contributed by atoms with Crippen molar-refractivity contribution in [1.82, 2.24) is 9.13 Å². The molecular weight excluding hydrogens is 512 g/mol. The van der Waals surface area contributed by atoms with E-state index in [4.69, 9.17) is 0 Å². The summed E-state index contributed by atoms with van der Waals surface area (Å²) in [6, 6.07) is 39.9. The quantitative estimate of drug-likeness (QED) is 0.188. The van der Waals surface area contributed by atoms with Gasteiger partial charge in [-0.1, -0.05) is 60.7 Å². The average molecular weight is 549 g/mol. The zero-order valence-electron chi connectivity index (χ0n) is 24.4. The highest BCUT2D eigenvalue weighted by Gasteiger charge is 2.46. The number of hydrogen-bond donors (Lipinski definition) is 0. The molecule has 2 saturated heterocycles. The molecule has 208 valence electrons. The van der Waals surface area contributed by atoms with Crippen molar-refractivity contribution in [2.45, 2.75) is 50.6 Å². The van der Waals surface area contributed by atoms with Gasteiger partial charge in [0, 0.05) is 35.2 Å². The van der Waals surface area contributed by atoms with Crippen LogP contribution in [0.4, 0.5) is 11.4 Å². The Kier molecular flexibility index (Phi) is 4.92. The van der Waals surface area contributed by atoms with Gasteiger partial charge < -0.3 is 18.9 Å². The van der Waals surface area contributed by atoms with Crippen molar-refractivity contribution in [1.29, 1.82) is 0 Å². The van der Waals surface area contributed by atoms with Crippen LogP contribution in [0.15, 0.2) is 109 Å². The molecule has 0 bridgehead atoms. The Morgan fingerprint density at radius 1 is 0.476 bits per heavy atom. The third-order valence-corrected chi connectivity index (χ3v) is 10.6. The van der Waals surface area contributed by atoms with Crippen LogP contribution in [0.1, 0.15) is 50.9 Å². The van der Waals surface area contributed by atoms with Gasteiger partial charge in [-0.3, -0.25) is 0 Å². The number of nitrogens with zero attached hydrogens (tertiary/aromatic N) is 4. The molecule has 0 amide bonds. The first-order valence-corrected chi connectivity index (χ1v) is 15.5. The molecule has 4 aliphatic rings. The van der Waals surface area contributed by atoms with Gasteiger partial charge in [0.2, 0.25) is 0 Å². The summed E-state index contributed by atoms with van der Waals surface area (Å²) in [7, 11) is 0. The predicted molar refractivity (Wildman–Crippen MR) is 174 cm³/mol. The number of anilines is 2. The van der Waals surface area contributed by atoms with Crippen LogP contribution in [0.2, 0.25) is 0 Å². The third kappa shape index (κ3) is 3.07. The maximum atomic E-state index is 2.61. The lowest BCUT2D eigenvalue weighted by molar-refractivity contribution is 0.460. The molecule has 2 aromatic heterocycles. The molecular formula is C38H36N4. The number of fused-ring (bicyclic) bond motifs is 16. The molecule has 4 aromatic carbocycles. The van der Waals surface area contributed by atoms with Crippen molar-refractivity contribution in [3.63, 3.8) is 0 Å². The first-order valence-electron chi connectivity index (χ1n) is 15.5. The van der Waals surface area contributed by atoms with Gasteiger partial charge in [-0.2, -0.15) is 0 Å². The minimum absolute atomic E-state index is 0.132. The fourth-order valence-electron chi connectivity index (χ4n) is 8.62. The Bertz CT molecular complexity index is 1870. The smallest absolute Gasteiger partial charge is 0.0781 e. The van der Waals surface area contributed by atoms with Gasteiger partial charge in [-0.15, -0.1) is 0 Å². The maximum absolute atomic E-state index is 2.61. The van der Waals surface area contributed by atoms with Gasteiger partial charge in [0.25, 0.3) is 0 Å². The van der Waals surface area contributed by atoms with E-state index in [0.717, 1.165) is 13.1 Å². The van der Waals surface area contributed by atoms with Crippen molar-refractivity contribution in [3.8, 4) is 11.4 Å². The van der Waals surface area contributed by atoms with Crippen LogP contribution in [0.25, 0.3) is 33.2 Å². The van der Waals surface area contributed by atoms with Crippen LogP contribution in [-0.4, -0.2) is 22.2 Å². The standard InChI is InChI=1S/2C19H18N2/c2*1-19-11-6-12-20(19)16-9-4-5-10-17(16)21-15-8-3-2-7-14(15)13-18(19)21/h2*2-5,7-10,13H,6,11-12H2,1H3/t2*19-/m10/s1. The molecule has 4 nitrogen and oxygen atoms in total. The molecule has 2 fully saturated rings. The van der Waals surface area contributed by atoms with Crippen LogP contribution in [-0.2, 0) is 11.1 Å². The summed E-state index contributed by atoms with van der Waals surface area (Å²) in [6.07, 6.45) is 5.01. The van der Waals surface area contributed by atoms with Crippen molar-refractivity contribution in [2.75, 3.05) is 22.9 Å². The van der Waals surface area contributed by atoms with E-state index >= 15 is 0 Å². The summed E-state index contributed by atoms with van der Waals surface area (Å²) < 4.78 is 4.96. The molecule has 10 rings (SSSR count). The van der Waals surface area contributed by atoms with Crippen molar-refractivity contribution in [3.05, 3.63) is 121 Å². The van der Waals surface area contributed by atoms with Gasteiger partial charge in [0.1, 0.15) is 0 Å². The fourth-order valence-corrected chi connectivity index (χ4v) is 8.62. The van der Waals surface area contributed by atoms with Gasteiger partial charge in [-0.05, 0) is 88.1 Å². The van der Waals surface area contributed by atoms with Crippen LogP contribution >= 0.6 is 0 Å². The average Bonchev–Trinajstić information content (AvgIpc) is 3.80. The monoisotopic (exact) mass is 548 g/mol. The molecule has 0 saturated carbocycles. The van der Waals surface area contributed by atoms with Crippen LogP contribution in [0.3, 0.4) is 0 Å². The SMILES string of the molecule is C[C@@]12CCCN1c1ccccc1-n1c2cc2ccccc21.C[C@]12CCCN1c1ccccc1-n1c2cc2ccccc21. The normalized spacial score (nSPS) is 23.0. The Hall–Kier alpha value is -4.44. The summed E-state index contributed by atoms with van der Waals surface area (Å²) in [4.78, 5) is 5.22.